The maximum Gasteiger partial charge on any atom is 0.0249 e. The maximum atomic E-state index is 3.54. The first-order valence-corrected chi connectivity index (χ1v) is 4.25. The summed E-state index contributed by atoms with van der Waals surface area (Å²) < 4.78 is 0. The van der Waals surface area contributed by atoms with Gasteiger partial charge in [-0.2, -0.15) is 0 Å². The van der Waals surface area contributed by atoms with Crippen molar-refractivity contribution in [2.45, 2.75) is 45.2 Å². The quantitative estimate of drug-likeness (QED) is 0.548. The highest BCUT2D eigenvalue weighted by atomic mass is 14.9. The maximum absolute atomic E-state index is 3.54. The molecule has 0 spiro atoms. The van der Waals surface area contributed by atoms with Crippen molar-refractivity contribution >= 4 is 0 Å². The van der Waals surface area contributed by atoms with Gasteiger partial charge < -0.3 is 5.32 Å². The molecule has 0 saturated heterocycles. The molecule has 0 aliphatic carbocycles. The predicted molar refractivity (Wildman–Crippen MR) is 45.1 cm³/mol. The predicted octanol–water partition coefficient (Wildman–Crippen LogP) is 2.09. The molecular weight excluding hydrogens is 122 g/mol. The van der Waals surface area contributed by atoms with Crippen molar-refractivity contribution in [1.82, 2.24) is 5.32 Å². The van der Waals surface area contributed by atoms with E-state index in [2.05, 4.69) is 31.3 Å². The van der Waals surface area contributed by atoms with E-state index in [0.29, 0.717) is 12.1 Å². The van der Waals surface area contributed by atoms with Crippen molar-refractivity contribution in [3.63, 3.8) is 0 Å². The highest BCUT2D eigenvalue weighted by molar-refractivity contribution is 4.96. The molecule has 2 unspecified atom stereocenters. The highest BCUT2D eigenvalue weighted by Crippen LogP contribution is 2.07. The molecule has 0 aromatic heterocycles. The fourth-order valence-corrected chi connectivity index (χ4v) is 1.36. The molecule has 0 fully saturated rings. The first-order valence-electron chi connectivity index (χ1n) is 4.25. The second kappa shape index (κ2) is 3.77. The van der Waals surface area contributed by atoms with Crippen molar-refractivity contribution in [2.24, 2.45) is 0 Å². The molecule has 0 aromatic carbocycles. The molecule has 0 aromatic rings. The van der Waals surface area contributed by atoms with E-state index < -0.39 is 0 Å². The van der Waals surface area contributed by atoms with Gasteiger partial charge in [-0.25, -0.2) is 0 Å². The van der Waals surface area contributed by atoms with Crippen LogP contribution in [0.5, 0.6) is 0 Å². The van der Waals surface area contributed by atoms with Gasteiger partial charge >= 0.3 is 0 Å². The first kappa shape index (κ1) is 7.80. The molecular formula is C9H17N. The number of nitrogens with one attached hydrogen (secondary N) is 1. The first-order chi connectivity index (χ1) is 4.83. The average Bonchev–Trinajstić information content (AvgIpc) is 2.13. The van der Waals surface area contributed by atoms with E-state index in [1.807, 2.05) is 0 Å². The van der Waals surface area contributed by atoms with Crippen LogP contribution in [0.2, 0.25) is 0 Å². The van der Waals surface area contributed by atoms with Crippen LogP contribution in [0, 0.1) is 0 Å². The van der Waals surface area contributed by atoms with E-state index in [9.17, 15) is 0 Å². The van der Waals surface area contributed by atoms with Crippen LogP contribution in [0.3, 0.4) is 0 Å². The molecule has 0 saturated carbocycles. The second-order valence-corrected chi connectivity index (χ2v) is 3.09. The van der Waals surface area contributed by atoms with E-state index in [0.717, 1.165) is 0 Å². The summed E-state index contributed by atoms with van der Waals surface area (Å²) in [5.74, 6) is 0. The minimum atomic E-state index is 0.623. The zero-order valence-corrected chi connectivity index (χ0v) is 6.93. The van der Waals surface area contributed by atoms with Crippen LogP contribution < -0.4 is 5.32 Å². The lowest BCUT2D eigenvalue weighted by Gasteiger charge is -2.15. The minimum absolute atomic E-state index is 0.623. The molecule has 58 valence electrons. The monoisotopic (exact) mass is 139 g/mol. The van der Waals surface area contributed by atoms with Crippen LogP contribution in [0.4, 0.5) is 0 Å². The molecule has 0 bridgehead atoms. The summed E-state index contributed by atoms with van der Waals surface area (Å²) >= 11 is 0. The molecule has 1 aliphatic heterocycles. The number of allylic oxidation sites excluding steroid dienone is 1. The minimum Gasteiger partial charge on any atom is -0.308 e. The summed E-state index contributed by atoms with van der Waals surface area (Å²) in [6.45, 7) is 4.48. The third-order valence-corrected chi connectivity index (χ3v) is 2.07. The topological polar surface area (TPSA) is 12.0 Å². The van der Waals surface area contributed by atoms with E-state index in [1.165, 1.54) is 19.3 Å². The summed E-state index contributed by atoms with van der Waals surface area (Å²) in [4.78, 5) is 0. The fraction of sp³-hybridized carbons (Fsp3) is 0.778. The Hall–Kier alpha value is -0.300. The Kier molecular flexibility index (Phi) is 2.94. The van der Waals surface area contributed by atoms with E-state index in [4.69, 9.17) is 0 Å². The summed E-state index contributed by atoms with van der Waals surface area (Å²) in [7, 11) is 0. The standard InChI is InChI=1S/C9H17N/c1-3-9-7-5-4-6-8(2)10-9/h5,7-10H,3-4,6H2,1-2H3. The van der Waals surface area contributed by atoms with Gasteiger partial charge in [-0.15, -0.1) is 0 Å². The lowest BCUT2D eigenvalue weighted by atomic mass is 10.2. The lowest BCUT2D eigenvalue weighted by molar-refractivity contribution is 0.479. The highest BCUT2D eigenvalue weighted by Gasteiger charge is 2.08. The Bertz CT molecular complexity index is 118. The largest absolute Gasteiger partial charge is 0.308 e. The van der Waals surface area contributed by atoms with E-state index in [1.54, 1.807) is 0 Å². The second-order valence-electron chi connectivity index (χ2n) is 3.09. The average molecular weight is 139 g/mol. The van der Waals surface area contributed by atoms with Gasteiger partial charge in [0.05, 0.1) is 0 Å². The van der Waals surface area contributed by atoms with Crippen molar-refractivity contribution in [3.8, 4) is 0 Å². The summed E-state index contributed by atoms with van der Waals surface area (Å²) in [5.41, 5.74) is 0. The van der Waals surface area contributed by atoms with Gasteiger partial charge in [-0.1, -0.05) is 19.1 Å². The van der Waals surface area contributed by atoms with Crippen LogP contribution in [0.1, 0.15) is 33.1 Å². The van der Waals surface area contributed by atoms with E-state index >= 15 is 0 Å². The fourth-order valence-electron chi connectivity index (χ4n) is 1.36. The molecule has 2 atom stereocenters. The van der Waals surface area contributed by atoms with Crippen molar-refractivity contribution in [3.05, 3.63) is 12.2 Å². The molecule has 1 heteroatoms. The van der Waals surface area contributed by atoms with Gasteiger partial charge in [0.1, 0.15) is 0 Å². The van der Waals surface area contributed by atoms with Crippen molar-refractivity contribution in [1.29, 1.82) is 0 Å². The van der Waals surface area contributed by atoms with Gasteiger partial charge in [0.25, 0.3) is 0 Å². The number of rotatable bonds is 1. The van der Waals surface area contributed by atoms with E-state index in [-0.39, 0.29) is 0 Å². The summed E-state index contributed by atoms with van der Waals surface area (Å²) in [6, 6.07) is 1.32. The lowest BCUT2D eigenvalue weighted by Crippen LogP contribution is -2.33. The number of hydrogen-bond acceptors (Lipinski definition) is 1. The van der Waals surface area contributed by atoms with Gasteiger partial charge in [0.15, 0.2) is 0 Å². The Morgan fingerprint density at radius 1 is 1.60 bits per heavy atom. The van der Waals surface area contributed by atoms with Crippen LogP contribution >= 0.6 is 0 Å². The van der Waals surface area contributed by atoms with Crippen LogP contribution in [-0.2, 0) is 0 Å². The van der Waals surface area contributed by atoms with Gasteiger partial charge in [0.2, 0.25) is 0 Å². The molecule has 1 nitrogen and oxygen atoms in total. The van der Waals surface area contributed by atoms with Gasteiger partial charge in [-0.3, -0.25) is 0 Å². The third kappa shape index (κ3) is 2.14. The summed E-state index contributed by atoms with van der Waals surface area (Å²) in [5, 5.41) is 3.54. The van der Waals surface area contributed by atoms with Crippen LogP contribution in [0.25, 0.3) is 0 Å². The number of hydrogen-bond donors (Lipinski definition) is 1. The Balaban J connectivity index is 2.41. The van der Waals surface area contributed by atoms with Crippen LogP contribution in [0.15, 0.2) is 12.2 Å². The van der Waals surface area contributed by atoms with Gasteiger partial charge in [-0.05, 0) is 26.2 Å². The third-order valence-electron chi connectivity index (χ3n) is 2.07. The molecule has 10 heavy (non-hydrogen) atoms. The molecule has 1 aliphatic rings. The SMILES string of the molecule is CCC1C=CCCC(C)N1. The Morgan fingerprint density at radius 3 is 3.10 bits per heavy atom. The molecule has 1 rings (SSSR count). The summed E-state index contributed by atoms with van der Waals surface area (Å²) in [6.07, 6.45) is 8.33. The molecule has 0 amide bonds. The molecule has 1 N–H and O–H groups in total. The smallest absolute Gasteiger partial charge is 0.0249 e. The molecule has 1 heterocycles. The zero-order valence-electron chi connectivity index (χ0n) is 6.93. The van der Waals surface area contributed by atoms with Crippen LogP contribution in [-0.4, -0.2) is 12.1 Å². The zero-order chi connectivity index (χ0) is 7.40. The van der Waals surface area contributed by atoms with Gasteiger partial charge in [0, 0.05) is 12.1 Å². The van der Waals surface area contributed by atoms with Crippen molar-refractivity contribution < 1.29 is 0 Å². The molecule has 0 radical (unpaired) electrons. The normalized spacial score (nSPS) is 33.8. The van der Waals surface area contributed by atoms with Crippen molar-refractivity contribution in [2.75, 3.05) is 0 Å². The Morgan fingerprint density at radius 2 is 2.40 bits per heavy atom. The Labute approximate surface area is 63.5 Å².